The molecule has 5 nitrogen and oxygen atoms in total. The number of rotatable bonds is 2. The van der Waals surface area contributed by atoms with Gasteiger partial charge in [0.05, 0.1) is 12.7 Å². The Morgan fingerprint density at radius 3 is 2.72 bits per heavy atom. The number of nitrogens with two attached hydrogens (primary N) is 1. The first-order chi connectivity index (χ1) is 8.15. The van der Waals surface area contributed by atoms with Gasteiger partial charge in [-0.1, -0.05) is 6.92 Å². The van der Waals surface area contributed by atoms with Crippen LogP contribution in [0.2, 0.25) is 0 Å². The maximum absolute atomic E-state index is 6.00. The van der Waals surface area contributed by atoms with Crippen molar-refractivity contribution in [3.63, 3.8) is 0 Å². The van der Waals surface area contributed by atoms with Crippen molar-refractivity contribution in [2.45, 2.75) is 26.3 Å². The summed E-state index contributed by atoms with van der Waals surface area (Å²) >= 11 is 0. The lowest BCUT2D eigenvalue weighted by atomic mass is 10.00. The van der Waals surface area contributed by atoms with Crippen LogP contribution in [0.5, 0.6) is 0 Å². The van der Waals surface area contributed by atoms with Crippen LogP contribution in [-0.2, 0) is 13.6 Å². The van der Waals surface area contributed by atoms with Gasteiger partial charge >= 0.3 is 0 Å². The molecule has 2 N–H and O–H groups in total. The van der Waals surface area contributed by atoms with Gasteiger partial charge in [0.2, 0.25) is 0 Å². The third kappa shape index (κ3) is 4.15. The maximum atomic E-state index is 6.00. The Kier molecular flexibility index (Phi) is 5.90. The van der Waals surface area contributed by atoms with Crippen molar-refractivity contribution in [2.24, 2.45) is 23.7 Å². The van der Waals surface area contributed by atoms with Gasteiger partial charge in [0.15, 0.2) is 5.96 Å². The van der Waals surface area contributed by atoms with Gasteiger partial charge in [-0.3, -0.25) is 4.68 Å². The summed E-state index contributed by atoms with van der Waals surface area (Å²) in [7, 11) is 1.91. The zero-order valence-corrected chi connectivity index (χ0v) is 13.4. The molecule has 0 unspecified atom stereocenters. The molecule has 1 aromatic heterocycles. The minimum atomic E-state index is 0. The number of halogens is 1. The molecule has 6 heteroatoms. The lowest BCUT2D eigenvalue weighted by Crippen LogP contribution is -2.42. The third-order valence-electron chi connectivity index (χ3n) is 3.29. The lowest BCUT2D eigenvalue weighted by Gasteiger charge is -2.30. The average Bonchev–Trinajstić information content (AvgIpc) is 2.73. The Morgan fingerprint density at radius 2 is 2.17 bits per heavy atom. The molecule has 0 radical (unpaired) electrons. The van der Waals surface area contributed by atoms with Gasteiger partial charge in [0, 0.05) is 31.9 Å². The molecule has 1 aliphatic rings. The van der Waals surface area contributed by atoms with Gasteiger partial charge in [0.25, 0.3) is 0 Å². The number of aryl methyl sites for hydroxylation is 1. The molecule has 18 heavy (non-hydrogen) atoms. The molecule has 0 aliphatic carbocycles. The second-order valence-electron chi connectivity index (χ2n) is 4.87. The van der Waals surface area contributed by atoms with Crippen LogP contribution < -0.4 is 5.73 Å². The Hall–Kier alpha value is -0.790. The summed E-state index contributed by atoms with van der Waals surface area (Å²) in [4.78, 5) is 6.60. The third-order valence-corrected chi connectivity index (χ3v) is 3.29. The molecular formula is C12H22IN5. The molecule has 1 aliphatic heterocycles. The van der Waals surface area contributed by atoms with Crippen LogP contribution in [0.1, 0.15) is 25.3 Å². The molecule has 0 saturated carbocycles. The summed E-state index contributed by atoms with van der Waals surface area (Å²) in [6, 6.07) is 0. The van der Waals surface area contributed by atoms with Gasteiger partial charge in [-0.25, -0.2) is 4.99 Å². The molecule has 1 saturated heterocycles. The second kappa shape index (κ2) is 6.96. The number of hydrogen-bond donors (Lipinski definition) is 1. The van der Waals surface area contributed by atoms with Crippen molar-refractivity contribution >= 4 is 29.9 Å². The first-order valence-corrected chi connectivity index (χ1v) is 6.17. The number of nitrogens with zero attached hydrogens (tertiary/aromatic N) is 4. The summed E-state index contributed by atoms with van der Waals surface area (Å²) in [6.45, 7) is 4.97. The van der Waals surface area contributed by atoms with Crippen molar-refractivity contribution < 1.29 is 0 Å². The SMILES string of the molecule is CC1CCN(C(N)=NCc2cnn(C)c2)CC1.I. The minimum Gasteiger partial charge on any atom is -0.370 e. The van der Waals surface area contributed by atoms with Gasteiger partial charge in [-0.2, -0.15) is 5.10 Å². The molecule has 2 rings (SSSR count). The zero-order chi connectivity index (χ0) is 12.3. The topological polar surface area (TPSA) is 59.4 Å². The van der Waals surface area contributed by atoms with Crippen LogP contribution in [0.3, 0.4) is 0 Å². The van der Waals surface area contributed by atoms with E-state index >= 15 is 0 Å². The van der Waals surface area contributed by atoms with E-state index in [1.54, 1.807) is 4.68 Å². The van der Waals surface area contributed by atoms with Crippen molar-refractivity contribution in [3.8, 4) is 0 Å². The number of piperidine rings is 1. The monoisotopic (exact) mass is 363 g/mol. The van der Waals surface area contributed by atoms with Crippen molar-refractivity contribution in [1.82, 2.24) is 14.7 Å². The highest BCUT2D eigenvalue weighted by Gasteiger charge is 2.16. The fourth-order valence-corrected chi connectivity index (χ4v) is 2.06. The van der Waals surface area contributed by atoms with E-state index < -0.39 is 0 Å². The van der Waals surface area contributed by atoms with E-state index in [1.165, 1.54) is 12.8 Å². The highest BCUT2D eigenvalue weighted by molar-refractivity contribution is 14.0. The van der Waals surface area contributed by atoms with Crippen molar-refractivity contribution in [3.05, 3.63) is 18.0 Å². The number of hydrogen-bond acceptors (Lipinski definition) is 2. The molecule has 0 atom stereocenters. The lowest BCUT2D eigenvalue weighted by molar-refractivity contribution is 0.277. The highest BCUT2D eigenvalue weighted by atomic mass is 127. The molecule has 1 fully saturated rings. The fourth-order valence-electron chi connectivity index (χ4n) is 2.06. The normalized spacial score (nSPS) is 17.7. The number of likely N-dealkylation sites (tertiary alicyclic amines) is 1. The molecule has 0 spiro atoms. The summed E-state index contributed by atoms with van der Waals surface area (Å²) < 4.78 is 1.78. The summed E-state index contributed by atoms with van der Waals surface area (Å²) in [5, 5.41) is 4.11. The predicted octanol–water partition coefficient (Wildman–Crippen LogP) is 1.58. The summed E-state index contributed by atoms with van der Waals surface area (Å²) in [5.74, 6) is 1.48. The smallest absolute Gasteiger partial charge is 0.191 e. The van der Waals surface area contributed by atoms with Crippen LogP contribution in [0, 0.1) is 5.92 Å². The van der Waals surface area contributed by atoms with Crippen LogP contribution in [0.25, 0.3) is 0 Å². The molecule has 102 valence electrons. The van der Waals surface area contributed by atoms with E-state index in [4.69, 9.17) is 5.73 Å². The average molecular weight is 363 g/mol. The maximum Gasteiger partial charge on any atom is 0.191 e. The molecule has 0 amide bonds. The number of aromatic nitrogens is 2. The molecule has 0 bridgehead atoms. The van der Waals surface area contributed by atoms with Gasteiger partial charge in [-0.15, -0.1) is 24.0 Å². The number of aliphatic imine (C=N–C) groups is 1. The zero-order valence-electron chi connectivity index (χ0n) is 11.0. The van der Waals surface area contributed by atoms with E-state index in [1.807, 2.05) is 19.4 Å². The summed E-state index contributed by atoms with van der Waals surface area (Å²) in [5.41, 5.74) is 7.10. The Balaban J connectivity index is 0.00000162. The first kappa shape index (κ1) is 15.3. The van der Waals surface area contributed by atoms with Gasteiger partial charge in [-0.05, 0) is 18.8 Å². The van der Waals surface area contributed by atoms with E-state index in [0.29, 0.717) is 12.5 Å². The van der Waals surface area contributed by atoms with E-state index in [2.05, 4.69) is 21.9 Å². The second-order valence-corrected chi connectivity index (χ2v) is 4.87. The Labute approximate surface area is 125 Å². The molecular weight excluding hydrogens is 341 g/mol. The van der Waals surface area contributed by atoms with E-state index in [-0.39, 0.29) is 24.0 Å². The molecule has 2 heterocycles. The standard InChI is InChI=1S/C12H21N5.HI/c1-10-3-5-17(6-4-10)12(13)14-7-11-8-15-16(2)9-11;/h8-10H,3-7H2,1-2H3,(H2,13,14);1H. The van der Waals surface area contributed by atoms with E-state index in [9.17, 15) is 0 Å². The van der Waals surface area contributed by atoms with E-state index in [0.717, 1.165) is 24.6 Å². The van der Waals surface area contributed by atoms with Crippen LogP contribution >= 0.6 is 24.0 Å². The van der Waals surface area contributed by atoms with Gasteiger partial charge in [0.1, 0.15) is 0 Å². The van der Waals surface area contributed by atoms with Gasteiger partial charge < -0.3 is 10.6 Å². The quantitative estimate of drug-likeness (QED) is 0.493. The minimum absolute atomic E-state index is 0. The van der Waals surface area contributed by atoms with Crippen molar-refractivity contribution in [1.29, 1.82) is 0 Å². The molecule has 1 aromatic rings. The van der Waals surface area contributed by atoms with Crippen LogP contribution in [-0.4, -0.2) is 33.7 Å². The highest BCUT2D eigenvalue weighted by Crippen LogP contribution is 2.15. The predicted molar refractivity (Wildman–Crippen MR) is 83.9 cm³/mol. The largest absolute Gasteiger partial charge is 0.370 e. The Morgan fingerprint density at radius 1 is 1.50 bits per heavy atom. The van der Waals surface area contributed by atoms with Crippen molar-refractivity contribution in [2.75, 3.05) is 13.1 Å². The first-order valence-electron chi connectivity index (χ1n) is 6.17. The number of guanidine groups is 1. The van der Waals surface area contributed by atoms with Crippen LogP contribution in [0.15, 0.2) is 17.4 Å². The fraction of sp³-hybridized carbons (Fsp3) is 0.667. The Bertz CT molecular complexity index is 393. The van der Waals surface area contributed by atoms with Crippen LogP contribution in [0.4, 0.5) is 0 Å². The molecule has 0 aromatic carbocycles. The summed E-state index contributed by atoms with van der Waals surface area (Å²) in [6.07, 6.45) is 6.22.